The van der Waals surface area contributed by atoms with Crippen molar-refractivity contribution in [2.75, 3.05) is 43.0 Å². The lowest BCUT2D eigenvalue weighted by Crippen LogP contribution is -2.43. The van der Waals surface area contributed by atoms with Crippen LogP contribution < -0.4 is 20.9 Å². The second kappa shape index (κ2) is 8.64. The van der Waals surface area contributed by atoms with E-state index in [0.29, 0.717) is 17.5 Å². The summed E-state index contributed by atoms with van der Waals surface area (Å²) in [5, 5.41) is 16.3. The van der Waals surface area contributed by atoms with E-state index in [1.165, 1.54) is 0 Å². The van der Waals surface area contributed by atoms with E-state index in [1.54, 1.807) is 18.5 Å². The second-order valence-electron chi connectivity index (χ2n) is 9.49. The number of amides is 1. The fourth-order valence-electron chi connectivity index (χ4n) is 4.45. The zero-order valence-corrected chi connectivity index (χ0v) is 19.3. The summed E-state index contributed by atoms with van der Waals surface area (Å²) in [5.74, 6) is 0.988. The van der Waals surface area contributed by atoms with Gasteiger partial charge in [-0.15, -0.1) is 0 Å². The third kappa shape index (κ3) is 4.36. The number of nitrogens with zero attached hydrogens (tertiary/aromatic N) is 5. The van der Waals surface area contributed by atoms with Crippen LogP contribution >= 0.6 is 0 Å². The summed E-state index contributed by atoms with van der Waals surface area (Å²) in [7, 11) is 0. The normalized spacial score (nSPS) is 25.5. The molecule has 186 valence electrons. The summed E-state index contributed by atoms with van der Waals surface area (Å²) in [6.45, 7) is 5.51. The number of aromatic nitrogens is 5. The van der Waals surface area contributed by atoms with Gasteiger partial charge < -0.3 is 30.3 Å². The third-order valence-electron chi connectivity index (χ3n) is 6.76. The van der Waals surface area contributed by atoms with Gasteiger partial charge in [0.15, 0.2) is 23.7 Å². The van der Waals surface area contributed by atoms with Gasteiger partial charge in [-0.3, -0.25) is 9.50 Å². The van der Waals surface area contributed by atoms with Crippen molar-refractivity contribution in [3.8, 4) is 0 Å². The highest BCUT2D eigenvalue weighted by atomic mass is 19.1. The van der Waals surface area contributed by atoms with E-state index in [-0.39, 0.29) is 12.1 Å². The average Bonchev–Trinajstić information content (AvgIpc) is 3.24. The molecule has 3 fully saturated rings. The van der Waals surface area contributed by atoms with Crippen LogP contribution in [-0.4, -0.2) is 81.3 Å². The molecule has 0 aromatic carbocycles. The van der Waals surface area contributed by atoms with Gasteiger partial charge in [-0.2, -0.15) is 5.10 Å². The first-order valence-corrected chi connectivity index (χ1v) is 11.8. The summed E-state index contributed by atoms with van der Waals surface area (Å²) in [6.07, 6.45) is 3.12. The Labute approximate surface area is 200 Å². The molecule has 0 radical (unpaired) electrons. The molecule has 3 aliphatic rings. The molecule has 0 unspecified atom stereocenters. The predicted molar refractivity (Wildman–Crippen MR) is 125 cm³/mol. The van der Waals surface area contributed by atoms with E-state index in [1.807, 2.05) is 17.5 Å². The number of hydrogen-bond donors (Lipinski definition) is 4. The monoisotopic (exact) mass is 485 g/mol. The average molecular weight is 486 g/mol. The number of halogens is 1. The largest absolute Gasteiger partial charge is 0.441 e. The van der Waals surface area contributed by atoms with Gasteiger partial charge in [0.1, 0.15) is 6.10 Å². The van der Waals surface area contributed by atoms with E-state index in [0.717, 1.165) is 50.4 Å². The van der Waals surface area contributed by atoms with E-state index in [2.05, 4.69) is 41.0 Å². The van der Waals surface area contributed by atoms with Crippen LogP contribution in [0, 0.1) is 0 Å². The molecule has 1 saturated carbocycles. The topological polar surface area (TPSA) is 134 Å². The van der Waals surface area contributed by atoms with Crippen molar-refractivity contribution >= 4 is 29.2 Å². The minimum Gasteiger partial charge on any atom is -0.441 e. The summed E-state index contributed by atoms with van der Waals surface area (Å²) in [5.41, 5.74) is 1.97. The lowest BCUT2D eigenvalue weighted by molar-refractivity contribution is 0.0604. The number of carbonyl (C=O) groups excluding carboxylic acids is 1. The van der Waals surface area contributed by atoms with Gasteiger partial charge in [0, 0.05) is 50.2 Å². The predicted octanol–water partition coefficient (Wildman–Crippen LogP) is 1.66. The molecule has 3 aromatic rings. The number of alkyl carbamates (subject to hydrolysis) is 1. The Kier molecular flexibility index (Phi) is 5.44. The lowest BCUT2D eigenvalue weighted by atomic mass is 10.1. The molecule has 5 heterocycles. The number of anilines is 3. The van der Waals surface area contributed by atoms with Crippen LogP contribution in [0.4, 0.5) is 26.6 Å². The summed E-state index contributed by atoms with van der Waals surface area (Å²) < 4.78 is 27.8. The van der Waals surface area contributed by atoms with Crippen molar-refractivity contribution in [1.82, 2.24) is 35.2 Å². The Balaban J connectivity index is 1.13. The van der Waals surface area contributed by atoms with Crippen LogP contribution in [0.3, 0.4) is 0 Å². The van der Waals surface area contributed by atoms with Crippen molar-refractivity contribution < 1.29 is 18.7 Å². The number of nitrogens with one attached hydrogen (secondary N) is 4. The minimum absolute atomic E-state index is 0.0254. The number of piperazine rings is 1. The van der Waals surface area contributed by atoms with Crippen LogP contribution in [0.15, 0.2) is 24.7 Å². The number of fused-ring (bicyclic) bond motifs is 1. The maximum absolute atomic E-state index is 15.0. The highest BCUT2D eigenvalue weighted by molar-refractivity contribution is 5.71. The molecule has 4 N–H and O–H groups in total. The Bertz CT molecular complexity index is 1220. The molecule has 6 rings (SSSR count). The molecular weight excluding hydrogens is 457 g/mol. The van der Waals surface area contributed by atoms with Crippen molar-refractivity contribution in [3.05, 3.63) is 30.4 Å². The maximum atomic E-state index is 15.0. The van der Waals surface area contributed by atoms with Gasteiger partial charge in [-0.05, 0) is 19.8 Å². The first-order chi connectivity index (χ1) is 17.0. The van der Waals surface area contributed by atoms with E-state index in [4.69, 9.17) is 9.47 Å². The number of H-pyrrole nitrogens is 1. The molecule has 35 heavy (non-hydrogen) atoms. The van der Waals surface area contributed by atoms with Crippen molar-refractivity contribution in [2.24, 2.45) is 0 Å². The molecule has 0 spiro atoms. The van der Waals surface area contributed by atoms with Gasteiger partial charge in [0.05, 0.1) is 24.2 Å². The highest BCUT2D eigenvalue weighted by Gasteiger charge is 2.44. The van der Waals surface area contributed by atoms with Crippen LogP contribution in [-0.2, 0) is 9.47 Å². The Morgan fingerprint density at radius 2 is 2.14 bits per heavy atom. The number of carbonyl (C=O) groups is 1. The fraction of sp³-hybridized carbons (Fsp3) is 0.545. The van der Waals surface area contributed by atoms with E-state index in [9.17, 15) is 4.79 Å². The van der Waals surface area contributed by atoms with Crippen molar-refractivity contribution in [2.45, 2.75) is 43.7 Å². The number of rotatable bonds is 6. The third-order valence-corrected chi connectivity index (χ3v) is 6.76. The van der Waals surface area contributed by atoms with Crippen LogP contribution in [0.25, 0.3) is 5.65 Å². The molecule has 1 amide bonds. The summed E-state index contributed by atoms with van der Waals surface area (Å²) in [6, 6.07) is 1.67. The summed E-state index contributed by atoms with van der Waals surface area (Å²) >= 11 is 0. The molecule has 13 heteroatoms. The standard InChI is InChI=1S/C22H28FN9O3/c1-22(2-3-22)28-21(33)35-15-12-34-18(17(15)23)13-10-16(30-29-13)27-20-26-11-14(19-25-6-9-32(19)20)31-7-4-24-5-8-31/h6,9-11,15,17-18,24H,2-5,7-8,12H2,1H3,(H,28,33)(H2,26,27,29,30)/t15-,17+,18-/m0/s1. The molecular formula is C22H28FN9O3. The van der Waals surface area contributed by atoms with Crippen LogP contribution in [0.2, 0.25) is 0 Å². The molecule has 3 aromatic heterocycles. The van der Waals surface area contributed by atoms with Crippen molar-refractivity contribution in [3.63, 3.8) is 0 Å². The molecule has 12 nitrogen and oxygen atoms in total. The van der Waals surface area contributed by atoms with Crippen LogP contribution in [0.5, 0.6) is 0 Å². The van der Waals surface area contributed by atoms with Gasteiger partial charge in [0.25, 0.3) is 0 Å². The minimum atomic E-state index is -1.52. The Morgan fingerprint density at radius 1 is 1.31 bits per heavy atom. The second-order valence-corrected chi connectivity index (χ2v) is 9.49. The molecule has 3 atom stereocenters. The lowest BCUT2D eigenvalue weighted by Gasteiger charge is -2.29. The fourth-order valence-corrected chi connectivity index (χ4v) is 4.45. The zero-order valence-electron chi connectivity index (χ0n) is 19.3. The molecule has 2 aliphatic heterocycles. The van der Waals surface area contributed by atoms with E-state index >= 15 is 4.39 Å². The SMILES string of the molecule is CC1(NC(=O)O[C@H]2CO[C@@H](c3cc(Nc4ncc(N5CCNCC5)c5nccn45)n[nH]3)[C@@H]2F)CC1. The highest BCUT2D eigenvalue weighted by Crippen LogP contribution is 2.36. The van der Waals surface area contributed by atoms with Crippen LogP contribution in [0.1, 0.15) is 31.6 Å². The zero-order chi connectivity index (χ0) is 24.0. The molecule has 0 bridgehead atoms. The number of imidazole rings is 1. The molecule has 2 saturated heterocycles. The molecule has 1 aliphatic carbocycles. The Hall–Kier alpha value is -3.45. The first kappa shape index (κ1) is 22.0. The number of hydrogen-bond acceptors (Lipinski definition) is 9. The van der Waals surface area contributed by atoms with Gasteiger partial charge in [0.2, 0.25) is 5.95 Å². The number of ether oxygens (including phenoxy) is 2. The Morgan fingerprint density at radius 3 is 2.94 bits per heavy atom. The summed E-state index contributed by atoms with van der Waals surface area (Å²) in [4.78, 5) is 23.4. The number of aromatic amines is 1. The van der Waals surface area contributed by atoms with Gasteiger partial charge in [-0.25, -0.2) is 19.2 Å². The van der Waals surface area contributed by atoms with Gasteiger partial charge >= 0.3 is 6.09 Å². The van der Waals surface area contributed by atoms with Crippen molar-refractivity contribution in [1.29, 1.82) is 0 Å². The first-order valence-electron chi connectivity index (χ1n) is 11.8. The maximum Gasteiger partial charge on any atom is 0.408 e. The number of alkyl halides is 1. The quantitative estimate of drug-likeness (QED) is 0.411. The van der Waals surface area contributed by atoms with Gasteiger partial charge in [-0.1, -0.05) is 0 Å². The smallest absolute Gasteiger partial charge is 0.408 e. The van der Waals surface area contributed by atoms with E-state index < -0.39 is 24.5 Å².